The van der Waals surface area contributed by atoms with Gasteiger partial charge in [0, 0.05) is 38.6 Å². The number of rotatable bonds is 6. The number of hydrogen-bond donors (Lipinski definition) is 1. The highest BCUT2D eigenvalue weighted by Gasteiger charge is 2.25. The van der Waals surface area contributed by atoms with Crippen molar-refractivity contribution in [3.05, 3.63) is 53.1 Å². The van der Waals surface area contributed by atoms with Gasteiger partial charge in [0.05, 0.1) is 23.1 Å². The van der Waals surface area contributed by atoms with Crippen molar-refractivity contribution < 1.29 is 22.7 Å². The molecule has 9 heteroatoms. The largest absolute Gasteiger partial charge is 0.465 e. The van der Waals surface area contributed by atoms with E-state index in [4.69, 9.17) is 4.74 Å². The van der Waals surface area contributed by atoms with Crippen LogP contribution >= 0.6 is 0 Å². The Kier molecular flexibility index (Phi) is 6.66. The molecule has 166 valence electrons. The van der Waals surface area contributed by atoms with Crippen molar-refractivity contribution in [2.75, 3.05) is 44.5 Å². The summed E-state index contributed by atoms with van der Waals surface area (Å²) in [6.45, 7) is 3.42. The highest BCUT2D eigenvalue weighted by Crippen LogP contribution is 2.29. The van der Waals surface area contributed by atoms with Gasteiger partial charge in [0.2, 0.25) is 10.0 Å². The molecule has 1 aliphatic heterocycles. The maximum absolute atomic E-state index is 13.3. The first kappa shape index (κ1) is 22.8. The molecule has 2 aromatic rings. The Bertz CT molecular complexity index is 1110. The molecule has 1 N–H and O–H groups in total. The van der Waals surface area contributed by atoms with Gasteiger partial charge in [0.15, 0.2) is 0 Å². The maximum atomic E-state index is 13.3. The lowest BCUT2D eigenvalue weighted by atomic mass is 10.1. The SMILES string of the molecule is COC(=O)c1ccc(C)c(NC(=O)c2cc(S(=O)(=O)N(C)C)ccc2N2CCCC2)c1. The molecule has 0 saturated carbocycles. The molecule has 1 fully saturated rings. The molecule has 0 aromatic heterocycles. The molecule has 3 rings (SSSR count). The number of nitrogens with one attached hydrogen (secondary N) is 1. The standard InChI is InChI=1S/C22H27N3O5S/c1-15-7-8-16(22(27)30-4)13-19(15)23-21(26)18-14-17(31(28,29)24(2)3)9-10-20(18)25-11-5-6-12-25/h7-10,13-14H,5-6,11-12H2,1-4H3,(H,23,26). The molecular weight excluding hydrogens is 418 g/mol. The van der Waals surface area contributed by atoms with Crippen molar-refractivity contribution >= 4 is 33.3 Å². The van der Waals surface area contributed by atoms with Crippen LogP contribution < -0.4 is 10.2 Å². The van der Waals surface area contributed by atoms with Crippen LogP contribution in [0.3, 0.4) is 0 Å². The average Bonchev–Trinajstić information content (AvgIpc) is 3.28. The predicted octanol–water partition coefficient (Wildman–Crippen LogP) is 2.88. The third-order valence-electron chi connectivity index (χ3n) is 5.34. The number of sulfonamides is 1. The molecule has 31 heavy (non-hydrogen) atoms. The number of ether oxygens (including phenoxy) is 1. The van der Waals surface area contributed by atoms with Crippen LogP contribution in [0.2, 0.25) is 0 Å². The third-order valence-corrected chi connectivity index (χ3v) is 7.16. The van der Waals surface area contributed by atoms with Gasteiger partial charge < -0.3 is 15.0 Å². The fraction of sp³-hybridized carbons (Fsp3) is 0.364. The fourth-order valence-corrected chi connectivity index (χ4v) is 4.42. The summed E-state index contributed by atoms with van der Waals surface area (Å²) in [5, 5.41) is 2.84. The predicted molar refractivity (Wildman–Crippen MR) is 119 cm³/mol. The topological polar surface area (TPSA) is 96.0 Å². The number of esters is 1. The number of anilines is 2. The zero-order valence-electron chi connectivity index (χ0n) is 18.1. The number of carbonyl (C=O) groups excluding carboxylic acids is 2. The lowest BCUT2D eigenvalue weighted by Crippen LogP contribution is -2.25. The van der Waals surface area contributed by atoms with E-state index in [1.54, 1.807) is 24.3 Å². The first-order chi connectivity index (χ1) is 14.6. The number of methoxy groups -OCH3 is 1. The fourth-order valence-electron chi connectivity index (χ4n) is 3.49. The smallest absolute Gasteiger partial charge is 0.337 e. The number of aryl methyl sites for hydroxylation is 1. The van der Waals surface area contributed by atoms with Crippen molar-refractivity contribution in [1.29, 1.82) is 0 Å². The Hall–Kier alpha value is -2.91. The van der Waals surface area contributed by atoms with Crippen LogP contribution in [-0.4, -0.2) is 58.9 Å². The normalized spacial score (nSPS) is 14.0. The van der Waals surface area contributed by atoms with Crippen LogP contribution in [0.15, 0.2) is 41.3 Å². The molecule has 0 spiro atoms. The summed E-state index contributed by atoms with van der Waals surface area (Å²) >= 11 is 0. The van der Waals surface area contributed by atoms with E-state index < -0.39 is 21.9 Å². The van der Waals surface area contributed by atoms with Crippen molar-refractivity contribution in [3.8, 4) is 0 Å². The second-order valence-corrected chi connectivity index (χ2v) is 9.79. The van der Waals surface area contributed by atoms with E-state index in [0.717, 1.165) is 35.8 Å². The van der Waals surface area contributed by atoms with Crippen LogP contribution in [0.25, 0.3) is 0 Å². The minimum absolute atomic E-state index is 0.0469. The summed E-state index contributed by atoms with van der Waals surface area (Å²) in [5.41, 5.74) is 2.50. The monoisotopic (exact) mass is 445 g/mol. The number of benzene rings is 2. The molecule has 0 bridgehead atoms. The molecule has 0 radical (unpaired) electrons. The van der Waals surface area contributed by atoms with E-state index in [9.17, 15) is 18.0 Å². The maximum Gasteiger partial charge on any atom is 0.337 e. The minimum atomic E-state index is -3.70. The lowest BCUT2D eigenvalue weighted by molar-refractivity contribution is 0.0600. The van der Waals surface area contributed by atoms with Gasteiger partial charge in [-0.2, -0.15) is 0 Å². The van der Waals surface area contributed by atoms with E-state index in [1.165, 1.54) is 33.3 Å². The summed E-state index contributed by atoms with van der Waals surface area (Å²) in [6.07, 6.45) is 2.03. The molecule has 1 heterocycles. The Morgan fingerprint density at radius 3 is 2.35 bits per heavy atom. The second-order valence-electron chi connectivity index (χ2n) is 7.64. The van der Waals surface area contributed by atoms with Crippen molar-refractivity contribution in [3.63, 3.8) is 0 Å². The van der Waals surface area contributed by atoms with E-state index >= 15 is 0 Å². The molecule has 1 saturated heterocycles. The van der Waals surface area contributed by atoms with E-state index in [0.29, 0.717) is 16.9 Å². The molecule has 8 nitrogen and oxygen atoms in total. The molecule has 1 aliphatic rings. The number of amides is 1. The molecule has 0 aliphatic carbocycles. The molecule has 0 atom stereocenters. The van der Waals surface area contributed by atoms with E-state index in [-0.39, 0.29) is 10.5 Å². The molecule has 2 aromatic carbocycles. The van der Waals surface area contributed by atoms with Crippen LogP contribution in [0, 0.1) is 6.92 Å². The van der Waals surface area contributed by atoms with Gasteiger partial charge in [-0.1, -0.05) is 6.07 Å². The van der Waals surface area contributed by atoms with Gasteiger partial charge in [-0.3, -0.25) is 4.79 Å². The second kappa shape index (κ2) is 9.07. The summed E-state index contributed by atoms with van der Waals surface area (Å²) < 4.78 is 31.1. The first-order valence-corrected chi connectivity index (χ1v) is 11.4. The summed E-state index contributed by atoms with van der Waals surface area (Å²) in [5.74, 6) is -0.949. The Labute approximate surface area is 182 Å². The first-order valence-electron chi connectivity index (χ1n) is 9.97. The Morgan fingerprint density at radius 1 is 1.06 bits per heavy atom. The van der Waals surface area contributed by atoms with Crippen LogP contribution in [0.1, 0.15) is 39.1 Å². The quantitative estimate of drug-likeness (QED) is 0.687. The third kappa shape index (κ3) is 4.72. The van der Waals surface area contributed by atoms with Gasteiger partial charge in [0.25, 0.3) is 5.91 Å². The zero-order valence-corrected chi connectivity index (χ0v) is 19.0. The van der Waals surface area contributed by atoms with Gasteiger partial charge in [-0.25, -0.2) is 17.5 Å². The van der Waals surface area contributed by atoms with Gasteiger partial charge in [-0.15, -0.1) is 0 Å². The molecular formula is C22H27N3O5S. The van der Waals surface area contributed by atoms with Crippen LogP contribution in [-0.2, 0) is 14.8 Å². The number of carbonyl (C=O) groups is 2. The summed E-state index contributed by atoms with van der Waals surface area (Å²) in [4.78, 5) is 27.3. The highest BCUT2D eigenvalue weighted by molar-refractivity contribution is 7.89. The van der Waals surface area contributed by atoms with Crippen molar-refractivity contribution in [1.82, 2.24) is 4.31 Å². The van der Waals surface area contributed by atoms with Gasteiger partial charge >= 0.3 is 5.97 Å². The minimum Gasteiger partial charge on any atom is -0.465 e. The zero-order chi connectivity index (χ0) is 22.8. The number of hydrogen-bond acceptors (Lipinski definition) is 6. The van der Waals surface area contributed by atoms with Crippen LogP contribution in [0.5, 0.6) is 0 Å². The van der Waals surface area contributed by atoms with Crippen molar-refractivity contribution in [2.24, 2.45) is 0 Å². The van der Waals surface area contributed by atoms with Gasteiger partial charge in [0.1, 0.15) is 0 Å². The van der Waals surface area contributed by atoms with E-state index in [1.807, 2.05) is 6.92 Å². The molecule has 0 unspecified atom stereocenters. The Morgan fingerprint density at radius 2 is 1.74 bits per heavy atom. The highest BCUT2D eigenvalue weighted by atomic mass is 32.2. The number of nitrogens with zero attached hydrogens (tertiary/aromatic N) is 2. The van der Waals surface area contributed by atoms with Crippen LogP contribution in [0.4, 0.5) is 11.4 Å². The van der Waals surface area contributed by atoms with Crippen molar-refractivity contribution in [2.45, 2.75) is 24.7 Å². The lowest BCUT2D eigenvalue weighted by Gasteiger charge is -2.22. The average molecular weight is 446 g/mol. The molecule has 1 amide bonds. The van der Waals surface area contributed by atoms with E-state index in [2.05, 4.69) is 10.2 Å². The summed E-state index contributed by atoms with van der Waals surface area (Å²) in [6, 6.07) is 9.52. The summed E-state index contributed by atoms with van der Waals surface area (Å²) in [7, 11) is 0.488. The Balaban J connectivity index is 2.03. The van der Waals surface area contributed by atoms with Gasteiger partial charge in [-0.05, 0) is 55.7 Å².